The fourth-order valence-electron chi connectivity index (χ4n) is 2.18. The highest BCUT2D eigenvalue weighted by molar-refractivity contribution is 5.92. The third-order valence-electron chi connectivity index (χ3n) is 3.11. The lowest BCUT2D eigenvalue weighted by Gasteiger charge is -2.26. The minimum Gasteiger partial charge on any atom is -0.468 e. The lowest BCUT2D eigenvalue weighted by atomic mass is 9.84. The first-order valence-corrected chi connectivity index (χ1v) is 6.13. The van der Waals surface area contributed by atoms with Gasteiger partial charge in [0.2, 0.25) is 5.88 Å². The van der Waals surface area contributed by atoms with Crippen molar-refractivity contribution in [1.29, 1.82) is 5.26 Å². The van der Waals surface area contributed by atoms with Crippen LogP contribution in [0.2, 0.25) is 0 Å². The zero-order chi connectivity index (χ0) is 15.4. The van der Waals surface area contributed by atoms with E-state index in [9.17, 15) is 10.1 Å². The predicted octanol–water partition coefficient (Wildman–Crippen LogP) is 1.53. The number of nitriles is 1. The van der Waals surface area contributed by atoms with Gasteiger partial charge in [0.1, 0.15) is 17.2 Å². The second-order valence-corrected chi connectivity index (χ2v) is 4.23. The van der Waals surface area contributed by atoms with E-state index in [-0.39, 0.29) is 23.0 Å². The van der Waals surface area contributed by atoms with Gasteiger partial charge in [0.15, 0.2) is 0 Å². The number of hydrogen-bond acceptors (Lipinski definition) is 6. The van der Waals surface area contributed by atoms with E-state index in [0.29, 0.717) is 0 Å². The van der Waals surface area contributed by atoms with Gasteiger partial charge >= 0.3 is 5.97 Å². The molecule has 6 heteroatoms. The Morgan fingerprint density at radius 1 is 1.33 bits per heavy atom. The topological polar surface area (TPSA) is 94.6 Å². The van der Waals surface area contributed by atoms with Crippen LogP contribution in [0.15, 0.2) is 53.3 Å². The largest absolute Gasteiger partial charge is 0.468 e. The van der Waals surface area contributed by atoms with E-state index < -0.39 is 11.9 Å². The van der Waals surface area contributed by atoms with Crippen LogP contribution in [-0.2, 0) is 19.0 Å². The SMILES string of the molecule is COC(=O)C1=C(OC)OC(N)=C(C#N)C1c1ccccc1. The number of allylic oxidation sites excluding steroid dienone is 1. The van der Waals surface area contributed by atoms with Gasteiger partial charge in [0.05, 0.1) is 20.1 Å². The number of benzene rings is 1. The molecule has 21 heavy (non-hydrogen) atoms. The Morgan fingerprint density at radius 3 is 2.52 bits per heavy atom. The number of nitrogens with two attached hydrogens (primary N) is 1. The molecule has 2 rings (SSSR count). The molecular weight excluding hydrogens is 272 g/mol. The van der Waals surface area contributed by atoms with Crippen molar-refractivity contribution >= 4 is 5.97 Å². The van der Waals surface area contributed by atoms with Crippen LogP contribution in [-0.4, -0.2) is 20.2 Å². The van der Waals surface area contributed by atoms with Crippen LogP contribution in [0.5, 0.6) is 0 Å². The maximum atomic E-state index is 12.1. The quantitative estimate of drug-likeness (QED) is 0.847. The highest BCUT2D eigenvalue weighted by Gasteiger charge is 2.38. The van der Waals surface area contributed by atoms with Gasteiger partial charge in [-0.3, -0.25) is 0 Å². The van der Waals surface area contributed by atoms with Crippen LogP contribution in [0.3, 0.4) is 0 Å². The Labute approximate surface area is 122 Å². The highest BCUT2D eigenvalue weighted by Crippen LogP contribution is 2.39. The average molecular weight is 286 g/mol. The number of nitrogens with zero attached hydrogens (tertiary/aromatic N) is 1. The predicted molar refractivity (Wildman–Crippen MR) is 73.1 cm³/mol. The first-order chi connectivity index (χ1) is 10.1. The summed E-state index contributed by atoms with van der Waals surface area (Å²) in [5, 5.41) is 9.34. The van der Waals surface area contributed by atoms with Crippen molar-refractivity contribution in [2.45, 2.75) is 5.92 Å². The Kier molecular flexibility index (Phi) is 4.14. The Bertz CT molecular complexity index is 656. The maximum Gasteiger partial charge on any atom is 0.341 e. The van der Waals surface area contributed by atoms with E-state index in [4.69, 9.17) is 19.9 Å². The number of rotatable bonds is 3. The first kappa shape index (κ1) is 14.5. The highest BCUT2D eigenvalue weighted by atomic mass is 16.7. The van der Waals surface area contributed by atoms with Crippen LogP contribution >= 0.6 is 0 Å². The zero-order valence-electron chi connectivity index (χ0n) is 11.6. The second-order valence-electron chi connectivity index (χ2n) is 4.23. The number of carbonyl (C=O) groups excluding carboxylic acids is 1. The minimum absolute atomic E-state index is 0.0628. The second kappa shape index (κ2) is 6.01. The monoisotopic (exact) mass is 286 g/mol. The molecule has 1 aliphatic heterocycles. The first-order valence-electron chi connectivity index (χ1n) is 6.13. The van der Waals surface area contributed by atoms with Crippen molar-refractivity contribution in [3.63, 3.8) is 0 Å². The van der Waals surface area contributed by atoms with Gasteiger partial charge in [-0.2, -0.15) is 5.26 Å². The van der Waals surface area contributed by atoms with Gasteiger partial charge in [0, 0.05) is 0 Å². The van der Waals surface area contributed by atoms with Crippen molar-refractivity contribution in [1.82, 2.24) is 0 Å². The Morgan fingerprint density at radius 2 is 2.00 bits per heavy atom. The standard InChI is InChI=1S/C15H14N2O4/c1-19-14(18)12-11(9-6-4-3-5-7-9)10(8-16)13(17)21-15(12)20-2/h3-7,11H,17H2,1-2H3. The summed E-state index contributed by atoms with van der Waals surface area (Å²) in [5.41, 5.74) is 6.72. The van der Waals surface area contributed by atoms with Crippen molar-refractivity contribution < 1.29 is 19.0 Å². The van der Waals surface area contributed by atoms with E-state index in [1.807, 2.05) is 12.1 Å². The van der Waals surface area contributed by atoms with Gasteiger partial charge in [-0.25, -0.2) is 4.79 Å². The Hall–Kier alpha value is -2.94. The van der Waals surface area contributed by atoms with Gasteiger partial charge in [0.25, 0.3) is 5.95 Å². The fourth-order valence-corrected chi connectivity index (χ4v) is 2.18. The zero-order valence-corrected chi connectivity index (χ0v) is 11.6. The van der Waals surface area contributed by atoms with Crippen LogP contribution in [0.25, 0.3) is 0 Å². The lowest BCUT2D eigenvalue weighted by molar-refractivity contribution is -0.137. The number of esters is 1. The summed E-state index contributed by atoms with van der Waals surface area (Å²) in [6, 6.07) is 11.0. The summed E-state index contributed by atoms with van der Waals surface area (Å²) < 4.78 is 15.1. The van der Waals surface area contributed by atoms with Gasteiger partial charge < -0.3 is 19.9 Å². The Balaban J connectivity index is 2.66. The van der Waals surface area contributed by atoms with E-state index in [2.05, 4.69) is 0 Å². The molecule has 1 aromatic rings. The molecule has 0 aromatic heterocycles. The number of methoxy groups -OCH3 is 2. The van der Waals surface area contributed by atoms with Crippen molar-refractivity contribution in [2.75, 3.05) is 14.2 Å². The lowest BCUT2D eigenvalue weighted by Crippen LogP contribution is -2.26. The smallest absolute Gasteiger partial charge is 0.341 e. The molecule has 1 aliphatic rings. The molecule has 0 aliphatic carbocycles. The minimum atomic E-state index is -0.688. The molecule has 0 amide bonds. The molecule has 0 bridgehead atoms. The molecule has 1 atom stereocenters. The maximum absolute atomic E-state index is 12.1. The molecule has 1 unspecified atom stereocenters. The summed E-state index contributed by atoms with van der Waals surface area (Å²) in [6.45, 7) is 0. The van der Waals surface area contributed by atoms with Crippen molar-refractivity contribution in [2.24, 2.45) is 5.73 Å². The molecule has 0 saturated carbocycles. The van der Waals surface area contributed by atoms with Crippen LogP contribution in [0.1, 0.15) is 11.5 Å². The third-order valence-corrected chi connectivity index (χ3v) is 3.11. The number of hydrogen-bond donors (Lipinski definition) is 1. The van der Waals surface area contributed by atoms with E-state index in [1.54, 1.807) is 24.3 Å². The molecular formula is C15H14N2O4. The number of ether oxygens (including phenoxy) is 3. The van der Waals surface area contributed by atoms with Crippen molar-refractivity contribution in [3.05, 3.63) is 58.9 Å². The summed E-state index contributed by atoms with van der Waals surface area (Å²) in [4.78, 5) is 12.1. The molecule has 0 radical (unpaired) electrons. The van der Waals surface area contributed by atoms with Gasteiger partial charge in [-0.15, -0.1) is 0 Å². The van der Waals surface area contributed by atoms with Gasteiger partial charge in [-0.05, 0) is 5.56 Å². The van der Waals surface area contributed by atoms with Crippen LogP contribution in [0, 0.1) is 11.3 Å². The summed E-state index contributed by atoms with van der Waals surface area (Å²) in [5.74, 6) is -1.48. The van der Waals surface area contributed by atoms with Crippen molar-refractivity contribution in [3.8, 4) is 6.07 Å². The fraction of sp³-hybridized carbons (Fsp3) is 0.200. The summed E-state index contributed by atoms with van der Waals surface area (Å²) in [7, 11) is 2.60. The molecule has 1 heterocycles. The molecule has 1 aromatic carbocycles. The molecule has 0 saturated heterocycles. The van der Waals surface area contributed by atoms with E-state index in [1.165, 1.54) is 14.2 Å². The molecule has 0 fully saturated rings. The third kappa shape index (κ3) is 2.54. The molecule has 6 nitrogen and oxygen atoms in total. The van der Waals surface area contributed by atoms with Crippen LogP contribution in [0.4, 0.5) is 0 Å². The van der Waals surface area contributed by atoms with Crippen LogP contribution < -0.4 is 5.73 Å². The summed E-state index contributed by atoms with van der Waals surface area (Å²) >= 11 is 0. The van der Waals surface area contributed by atoms with E-state index in [0.717, 1.165) is 5.56 Å². The normalized spacial score (nSPS) is 17.9. The van der Waals surface area contributed by atoms with E-state index >= 15 is 0 Å². The summed E-state index contributed by atoms with van der Waals surface area (Å²) in [6.07, 6.45) is 0. The average Bonchev–Trinajstić information content (AvgIpc) is 2.53. The van der Waals surface area contributed by atoms with Gasteiger partial charge in [-0.1, -0.05) is 30.3 Å². The molecule has 108 valence electrons. The number of carbonyl (C=O) groups is 1. The molecule has 2 N–H and O–H groups in total. The molecule has 0 spiro atoms.